The number of fused-ring (bicyclic) bond motifs is 1. The van der Waals surface area contributed by atoms with Gasteiger partial charge in [0.05, 0.1) is 18.9 Å². The molecule has 1 aliphatic heterocycles. The number of rotatable bonds is 1. The van der Waals surface area contributed by atoms with Crippen molar-refractivity contribution in [3.05, 3.63) is 39.5 Å². The van der Waals surface area contributed by atoms with Crippen LogP contribution in [0.25, 0.3) is 11.3 Å². The Kier molecular flexibility index (Phi) is 2.82. The van der Waals surface area contributed by atoms with Gasteiger partial charge in [-0.2, -0.15) is 5.10 Å². The Balaban J connectivity index is 2.11. The predicted molar refractivity (Wildman–Crippen MR) is 67.4 cm³/mol. The lowest BCUT2D eigenvalue weighted by Gasteiger charge is -2.12. The molecule has 2 heterocycles. The van der Waals surface area contributed by atoms with Gasteiger partial charge < -0.3 is 4.74 Å². The molecule has 1 N–H and O–H groups in total. The van der Waals surface area contributed by atoms with Crippen LogP contribution in [-0.2, 0) is 17.8 Å². The third kappa shape index (κ3) is 2.06. The third-order valence-corrected chi connectivity index (χ3v) is 3.27. The SMILES string of the molecule is Clc1cc(Cl)cc(-c2n[nH]c3c2COCC3)c1. The van der Waals surface area contributed by atoms with E-state index < -0.39 is 0 Å². The fraction of sp³-hybridized carbons (Fsp3) is 0.250. The molecule has 0 saturated heterocycles. The van der Waals surface area contributed by atoms with E-state index in [2.05, 4.69) is 10.2 Å². The first-order chi connectivity index (χ1) is 8.24. The summed E-state index contributed by atoms with van der Waals surface area (Å²) in [5.74, 6) is 0. The molecule has 0 amide bonds. The largest absolute Gasteiger partial charge is 0.376 e. The van der Waals surface area contributed by atoms with Crippen LogP contribution in [0.1, 0.15) is 11.3 Å². The van der Waals surface area contributed by atoms with Crippen molar-refractivity contribution in [2.24, 2.45) is 0 Å². The first-order valence-corrected chi connectivity index (χ1v) is 6.10. The van der Waals surface area contributed by atoms with Gasteiger partial charge >= 0.3 is 0 Å². The van der Waals surface area contributed by atoms with Gasteiger partial charge in [0.15, 0.2) is 0 Å². The van der Waals surface area contributed by atoms with Crippen molar-refractivity contribution in [1.82, 2.24) is 10.2 Å². The molecule has 1 aliphatic rings. The highest BCUT2D eigenvalue weighted by atomic mass is 35.5. The maximum atomic E-state index is 6.00. The summed E-state index contributed by atoms with van der Waals surface area (Å²) in [5.41, 5.74) is 4.05. The molecule has 0 atom stereocenters. The molecule has 0 saturated carbocycles. The summed E-state index contributed by atoms with van der Waals surface area (Å²) >= 11 is 12.0. The Morgan fingerprint density at radius 3 is 2.71 bits per heavy atom. The highest BCUT2D eigenvalue weighted by Gasteiger charge is 2.18. The molecule has 17 heavy (non-hydrogen) atoms. The van der Waals surface area contributed by atoms with Crippen molar-refractivity contribution in [3.63, 3.8) is 0 Å². The van der Waals surface area contributed by atoms with E-state index in [1.54, 1.807) is 6.07 Å². The van der Waals surface area contributed by atoms with Gasteiger partial charge in [0.25, 0.3) is 0 Å². The fourth-order valence-corrected chi connectivity index (χ4v) is 2.57. The topological polar surface area (TPSA) is 37.9 Å². The lowest BCUT2D eigenvalue weighted by atomic mass is 10.0. The van der Waals surface area contributed by atoms with E-state index in [0.717, 1.165) is 35.5 Å². The zero-order valence-corrected chi connectivity index (χ0v) is 10.5. The average molecular weight is 269 g/mol. The zero-order valence-electron chi connectivity index (χ0n) is 8.96. The number of hydrogen-bond acceptors (Lipinski definition) is 2. The van der Waals surface area contributed by atoms with Gasteiger partial charge in [-0.05, 0) is 18.2 Å². The van der Waals surface area contributed by atoms with Crippen LogP contribution in [0.3, 0.4) is 0 Å². The molecule has 0 bridgehead atoms. The van der Waals surface area contributed by atoms with E-state index in [1.165, 1.54) is 0 Å². The number of nitrogens with zero attached hydrogens (tertiary/aromatic N) is 1. The minimum atomic E-state index is 0.589. The molecular weight excluding hydrogens is 259 g/mol. The highest BCUT2D eigenvalue weighted by molar-refractivity contribution is 6.35. The number of halogens is 2. The minimum absolute atomic E-state index is 0.589. The van der Waals surface area contributed by atoms with Crippen LogP contribution in [-0.4, -0.2) is 16.8 Å². The molecule has 3 nitrogen and oxygen atoms in total. The first kappa shape index (κ1) is 11.1. The molecule has 5 heteroatoms. The Morgan fingerprint density at radius 1 is 1.18 bits per heavy atom. The van der Waals surface area contributed by atoms with E-state index in [4.69, 9.17) is 27.9 Å². The Bertz CT molecular complexity index is 545. The molecule has 1 aromatic carbocycles. The predicted octanol–water partition coefficient (Wildman–Crippen LogP) is 3.46. The van der Waals surface area contributed by atoms with Crippen LogP contribution in [0.4, 0.5) is 0 Å². The van der Waals surface area contributed by atoms with Gasteiger partial charge in [-0.25, -0.2) is 0 Å². The van der Waals surface area contributed by atoms with Crippen LogP contribution >= 0.6 is 23.2 Å². The van der Waals surface area contributed by atoms with Crippen molar-refractivity contribution < 1.29 is 4.74 Å². The number of ether oxygens (including phenoxy) is 1. The van der Waals surface area contributed by atoms with Gasteiger partial charge in [0.2, 0.25) is 0 Å². The standard InChI is InChI=1S/C12H10Cl2N2O/c13-8-3-7(4-9(14)5-8)12-10-6-17-2-1-11(10)15-16-12/h3-5H,1-2,6H2,(H,15,16). The van der Waals surface area contributed by atoms with Gasteiger partial charge in [-0.1, -0.05) is 23.2 Å². The van der Waals surface area contributed by atoms with Crippen LogP contribution in [0, 0.1) is 0 Å². The molecule has 0 fully saturated rings. The third-order valence-electron chi connectivity index (χ3n) is 2.83. The maximum Gasteiger partial charge on any atom is 0.0979 e. The van der Waals surface area contributed by atoms with Gasteiger partial charge in [-0.15, -0.1) is 0 Å². The molecular formula is C12H10Cl2N2O. The zero-order chi connectivity index (χ0) is 11.8. The van der Waals surface area contributed by atoms with E-state index in [-0.39, 0.29) is 0 Å². The monoisotopic (exact) mass is 268 g/mol. The highest BCUT2D eigenvalue weighted by Crippen LogP contribution is 2.31. The van der Waals surface area contributed by atoms with E-state index in [9.17, 15) is 0 Å². The van der Waals surface area contributed by atoms with Crippen LogP contribution in [0.5, 0.6) is 0 Å². The number of aromatic amines is 1. The van der Waals surface area contributed by atoms with Crippen molar-refractivity contribution in [1.29, 1.82) is 0 Å². The number of benzene rings is 1. The summed E-state index contributed by atoms with van der Waals surface area (Å²) in [4.78, 5) is 0. The second-order valence-corrected chi connectivity index (χ2v) is 4.86. The van der Waals surface area contributed by atoms with Gasteiger partial charge in [0, 0.05) is 33.3 Å². The normalized spacial score (nSPS) is 14.7. The summed E-state index contributed by atoms with van der Waals surface area (Å²) in [6, 6.07) is 5.43. The summed E-state index contributed by atoms with van der Waals surface area (Å²) < 4.78 is 5.45. The summed E-state index contributed by atoms with van der Waals surface area (Å²) in [6.07, 6.45) is 0.872. The van der Waals surface area contributed by atoms with Crippen LogP contribution in [0.15, 0.2) is 18.2 Å². The van der Waals surface area contributed by atoms with E-state index in [0.29, 0.717) is 16.7 Å². The molecule has 88 valence electrons. The quantitative estimate of drug-likeness (QED) is 0.860. The number of nitrogens with one attached hydrogen (secondary N) is 1. The van der Waals surface area contributed by atoms with Crippen molar-refractivity contribution in [2.75, 3.05) is 6.61 Å². The second-order valence-electron chi connectivity index (χ2n) is 3.99. The molecule has 3 rings (SSSR count). The van der Waals surface area contributed by atoms with Crippen molar-refractivity contribution >= 4 is 23.2 Å². The summed E-state index contributed by atoms with van der Waals surface area (Å²) in [7, 11) is 0. The molecule has 0 spiro atoms. The maximum absolute atomic E-state index is 6.00. The summed E-state index contributed by atoms with van der Waals surface area (Å²) in [5, 5.41) is 8.60. The number of H-pyrrole nitrogens is 1. The Hall–Kier alpha value is -1.03. The van der Waals surface area contributed by atoms with Gasteiger partial charge in [-0.3, -0.25) is 5.10 Å². The summed E-state index contributed by atoms with van der Waals surface area (Å²) in [6.45, 7) is 1.33. The van der Waals surface area contributed by atoms with Crippen molar-refractivity contribution in [3.8, 4) is 11.3 Å². The molecule has 0 aliphatic carbocycles. The smallest absolute Gasteiger partial charge is 0.0979 e. The average Bonchev–Trinajstić information content (AvgIpc) is 2.71. The molecule has 2 aromatic rings. The van der Waals surface area contributed by atoms with Crippen LogP contribution < -0.4 is 0 Å². The fourth-order valence-electron chi connectivity index (χ4n) is 2.04. The lowest BCUT2D eigenvalue weighted by Crippen LogP contribution is -2.08. The Morgan fingerprint density at radius 2 is 1.94 bits per heavy atom. The minimum Gasteiger partial charge on any atom is -0.376 e. The first-order valence-electron chi connectivity index (χ1n) is 5.34. The van der Waals surface area contributed by atoms with E-state index >= 15 is 0 Å². The molecule has 0 unspecified atom stereocenters. The molecule has 1 aromatic heterocycles. The lowest BCUT2D eigenvalue weighted by molar-refractivity contribution is 0.110. The molecule has 0 radical (unpaired) electrons. The Labute approximate surface area is 109 Å². The van der Waals surface area contributed by atoms with Crippen LogP contribution in [0.2, 0.25) is 10.0 Å². The van der Waals surface area contributed by atoms with E-state index in [1.807, 2.05) is 12.1 Å². The van der Waals surface area contributed by atoms with Crippen molar-refractivity contribution in [2.45, 2.75) is 13.0 Å². The second kappa shape index (κ2) is 4.33. The number of hydrogen-bond donors (Lipinski definition) is 1. The van der Waals surface area contributed by atoms with Gasteiger partial charge in [0.1, 0.15) is 0 Å². The number of aromatic nitrogens is 2.